The molecular weight excluding hydrogens is 748 g/mol. The summed E-state index contributed by atoms with van der Waals surface area (Å²) in [5.41, 5.74) is 5.74. The van der Waals surface area contributed by atoms with Gasteiger partial charge < -0.3 is 34.5 Å². The molecule has 0 aliphatic heterocycles. The molecule has 0 unspecified atom stereocenters. The SMILES string of the molecule is COC(=O)c1ccc(C(=O)O)c(CONc2ccc(Oc3ccc(-c4ccc(Oc5ccc(NC(=O)c6cc(C(=O)OC)ccc6C(=O)O)cc5)cc4)cc3)cc2)c1. The van der Waals surface area contributed by atoms with Crippen LogP contribution in [0.25, 0.3) is 11.1 Å². The fraction of sp³-hybridized carbons (Fsp3) is 0.0682. The molecule has 0 heterocycles. The van der Waals surface area contributed by atoms with Crippen molar-refractivity contribution in [1.29, 1.82) is 0 Å². The molecule has 6 aromatic rings. The molecule has 4 N–H and O–H groups in total. The van der Waals surface area contributed by atoms with Gasteiger partial charge in [0.25, 0.3) is 5.91 Å². The van der Waals surface area contributed by atoms with Gasteiger partial charge >= 0.3 is 23.9 Å². The van der Waals surface area contributed by atoms with Gasteiger partial charge in [-0.15, -0.1) is 0 Å². The van der Waals surface area contributed by atoms with E-state index in [1.165, 1.54) is 50.6 Å². The van der Waals surface area contributed by atoms with Gasteiger partial charge in [-0.25, -0.2) is 19.2 Å². The predicted octanol–water partition coefficient (Wildman–Crippen LogP) is 8.70. The van der Waals surface area contributed by atoms with E-state index >= 15 is 0 Å². The molecule has 14 nitrogen and oxygen atoms in total. The van der Waals surface area contributed by atoms with E-state index in [0.717, 1.165) is 11.1 Å². The van der Waals surface area contributed by atoms with Crippen LogP contribution < -0.4 is 20.3 Å². The van der Waals surface area contributed by atoms with E-state index in [2.05, 4.69) is 15.5 Å². The quantitative estimate of drug-likeness (QED) is 0.0571. The fourth-order valence-electron chi connectivity index (χ4n) is 5.63. The number of methoxy groups -OCH3 is 2. The van der Waals surface area contributed by atoms with Gasteiger partial charge in [0.2, 0.25) is 0 Å². The summed E-state index contributed by atoms with van der Waals surface area (Å²) in [4.78, 5) is 65.6. The average Bonchev–Trinajstić information content (AvgIpc) is 3.24. The van der Waals surface area contributed by atoms with Crippen molar-refractivity contribution in [1.82, 2.24) is 0 Å². The largest absolute Gasteiger partial charge is 0.478 e. The third kappa shape index (κ3) is 9.82. The first-order valence-corrected chi connectivity index (χ1v) is 17.4. The highest BCUT2D eigenvalue weighted by molar-refractivity contribution is 6.12. The summed E-state index contributed by atoms with van der Waals surface area (Å²) in [6.07, 6.45) is 0. The van der Waals surface area contributed by atoms with Crippen molar-refractivity contribution >= 4 is 41.2 Å². The first-order chi connectivity index (χ1) is 28.0. The van der Waals surface area contributed by atoms with Gasteiger partial charge in [-0.2, -0.15) is 0 Å². The predicted molar refractivity (Wildman–Crippen MR) is 211 cm³/mol. The average molecular weight is 783 g/mol. The van der Waals surface area contributed by atoms with Gasteiger partial charge in [-0.3, -0.25) is 15.1 Å². The molecule has 0 saturated carbocycles. The van der Waals surface area contributed by atoms with E-state index in [4.69, 9.17) is 19.0 Å². The number of carbonyl (C=O) groups is 5. The van der Waals surface area contributed by atoms with E-state index in [0.29, 0.717) is 39.9 Å². The number of carboxylic acid groups (broad SMARTS) is 2. The summed E-state index contributed by atoms with van der Waals surface area (Å²) >= 11 is 0. The Hall–Kier alpha value is -7.97. The molecule has 0 aliphatic carbocycles. The second kappa shape index (κ2) is 18.1. The topological polar surface area (TPSA) is 196 Å². The second-order valence-corrected chi connectivity index (χ2v) is 12.4. The summed E-state index contributed by atoms with van der Waals surface area (Å²) in [6, 6.07) is 36.2. The number of nitrogens with one attached hydrogen (secondary N) is 2. The number of anilines is 2. The highest BCUT2D eigenvalue weighted by atomic mass is 16.6. The lowest BCUT2D eigenvalue weighted by atomic mass is 10.0. The van der Waals surface area contributed by atoms with Crippen molar-refractivity contribution in [3.63, 3.8) is 0 Å². The summed E-state index contributed by atoms with van der Waals surface area (Å²) < 4.78 is 21.4. The Morgan fingerprint density at radius 2 is 0.931 bits per heavy atom. The first kappa shape index (κ1) is 39.7. The molecule has 0 bridgehead atoms. The Bertz CT molecular complexity index is 2460. The number of rotatable bonds is 15. The van der Waals surface area contributed by atoms with E-state index in [-0.39, 0.29) is 34.4 Å². The Labute approximate surface area is 331 Å². The lowest BCUT2D eigenvalue weighted by molar-refractivity contribution is 0.0591. The van der Waals surface area contributed by atoms with E-state index in [9.17, 15) is 34.2 Å². The summed E-state index contributed by atoms with van der Waals surface area (Å²) in [7, 11) is 2.43. The molecule has 0 aromatic heterocycles. The fourth-order valence-corrected chi connectivity index (χ4v) is 5.63. The van der Waals surface area contributed by atoms with Crippen LogP contribution in [0.5, 0.6) is 23.0 Å². The van der Waals surface area contributed by atoms with Gasteiger partial charge in [0, 0.05) is 5.69 Å². The lowest BCUT2D eigenvalue weighted by Crippen LogP contribution is -2.17. The van der Waals surface area contributed by atoms with Crippen LogP contribution in [-0.4, -0.2) is 54.2 Å². The van der Waals surface area contributed by atoms with E-state index < -0.39 is 29.8 Å². The van der Waals surface area contributed by atoms with Crippen LogP contribution in [-0.2, 0) is 20.9 Å². The maximum absolute atomic E-state index is 13.0. The number of amides is 1. The van der Waals surface area contributed by atoms with Gasteiger partial charge in [0.15, 0.2) is 0 Å². The maximum atomic E-state index is 13.0. The molecule has 1 amide bonds. The zero-order valence-electron chi connectivity index (χ0n) is 30.9. The van der Waals surface area contributed by atoms with Gasteiger partial charge in [-0.05, 0) is 126 Å². The number of hydrogen-bond acceptors (Lipinski definition) is 11. The molecule has 58 heavy (non-hydrogen) atoms. The molecular formula is C44H34N2O12. The highest BCUT2D eigenvalue weighted by Gasteiger charge is 2.20. The minimum Gasteiger partial charge on any atom is -0.478 e. The Kier molecular flexibility index (Phi) is 12.4. The Morgan fingerprint density at radius 1 is 0.500 bits per heavy atom. The number of benzene rings is 6. The number of ether oxygens (including phenoxy) is 4. The molecule has 0 aliphatic rings. The van der Waals surface area contributed by atoms with Crippen LogP contribution in [0.3, 0.4) is 0 Å². The zero-order valence-corrected chi connectivity index (χ0v) is 30.9. The standard InChI is InChI=1S/C44H34N2O12/c1-54-43(52)28-7-21-37(41(48)49)30(23-28)25-56-46-32-11-19-36(20-12-32)58-34-15-5-27(6-16-34)26-3-13-33(14-4-26)57-35-17-9-31(10-18-35)45-40(47)39-24-29(44(53)55-2)8-22-38(39)42(50)51/h3-24,46H,25H2,1-2H3,(H,45,47)(H,48,49)(H,50,51). The maximum Gasteiger partial charge on any atom is 0.337 e. The molecule has 6 rings (SSSR count). The van der Waals surface area contributed by atoms with Gasteiger partial charge in [0.05, 0.1) is 47.7 Å². The monoisotopic (exact) mass is 782 g/mol. The summed E-state index contributed by atoms with van der Waals surface area (Å²) in [5, 5.41) is 21.7. The number of carbonyl (C=O) groups excluding carboxylic acids is 3. The summed E-state index contributed by atoms with van der Waals surface area (Å²) in [5.74, 6) is -2.19. The van der Waals surface area contributed by atoms with Crippen molar-refractivity contribution in [2.75, 3.05) is 25.0 Å². The second-order valence-electron chi connectivity index (χ2n) is 12.4. The third-order valence-electron chi connectivity index (χ3n) is 8.57. The van der Waals surface area contributed by atoms with Gasteiger partial charge in [0.1, 0.15) is 29.6 Å². The first-order valence-electron chi connectivity index (χ1n) is 17.4. The molecule has 292 valence electrons. The van der Waals surface area contributed by atoms with Crippen LogP contribution in [0.2, 0.25) is 0 Å². The van der Waals surface area contributed by atoms with Crippen molar-refractivity contribution in [2.45, 2.75) is 6.61 Å². The highest BCUT2D eigenvalue weighted by Crippen LogP contribution is 2.30. The minimum absolute atomic E-state index is 0.00568. The molecule has 0 fully saturated rings. The smallest absolute Gasteiger partial charge is 0.337 e. The minimum atomic E-state index is -1.31. The molecule has 0 atom stereocenters. The van der Waals surface area contributed by atoms with Crippen molar-refractivity contribution in [3.05, 3.63) is 167 Å². The van der Waals surface area contributed by atoms with Crippen LogP contribution >= 0.6 is 0 Å². The zero-order chi connectivity index (χ0) is 41.2. The molecule has 6 aromatic carbocycles. The van der Waals surface area contributed by atoms with Crippen LogP contribution in [0.15, 0.2) is 133 Å². The molecule has 0 spiro atoms. The molecule has 14 heteroatoms. The Morgan fingerprint density at radius 3 is 1.40 bits per heavy atom. The van der Waals surface area contributed by atoms with Gasteiger partial charge in [-0.1, -0.05) is 24.3 Å². The van der Waals surface area contributed by atoms with Crippen molar-refractivity contribution in [3.8, 4) is 34.1 Å². The molecule has 0 saturated heterocycles. The normalized spacial score (nSPS) is 10.5. The third-order valence-corrected chi connectivity index (χ3v) is 8.57. The van der Waals surface area contributed by atoms with E-state index in [1.807, 2.05) is 48.5 Å². The van der Waals surface area contributed by atoms with Crippen LogP contribution in [0.1, 0.15) is 57.4 Å². The van der Waals surface area contributed by atoms with Crippen LogP contribution in [0.4, 0.5) is 11.4 Å². The number of carboxylic acids is 2. The van der Waals surface area contributed by atoms with E-state index in [1.54, 1.807) is 48.5 Å². The number of aromatic carboxylic acids is 2. The summed E-state index contributed by atoms with van der Waals surface area (Å²) in [6.45, 7) is -0.122. The Balaban J connectivity index is 0.997. The van der Waals surface area contributed by atoms with Crippen LogP contribution in [0, 0.1) is 0 Å². The van der Waals surface area contributed by atoms with Crippen molar-refractivity contribution < 1.29 is 58.0 Å². The number of hydrogen-bond donors (Lipinski definition) is 4. The molecule has 0 radical (unpaired) electrons. The number of esters is 2. The van der Waals surface area contributed by atoms with Crippen molar-refractivity contribution in [2.24, 2.45) is 0 Å². The lowest BCUT2D eigenvalue weighted by Gasteiger charge is -2.12.